The van der Waals surface area contributed by atoms with Crippen LogP contribution in [0.4, 0.5) is 5.69 Å². The molecule has 3 heteroatoms. The molecular weight excluding hydrogens is 274 g/mol. The first-order valence-electron chi connectivity index (χ1n) is 7.64. The van der Waals surface area contributed by atoms with Gasteiger partial charge in [0.05, 0.1) is 0 Å². The number of ether oxygens (including phenoxy) is 1. The molecule has 0 bridgehead atoms. The molecule has 1 unspecified atom stereocenters. The number of amides is 1. The number of hydrogen-bond acceptors (Lipinski definition) is 2. The van der Waals surface area contributed by atoms with E-state index in [2.05, 4.69) is 12.2 Å². The fraction of sp³-hybridized carbons (Fsp3) is 0.316. The summed E-state index contributed by atoms with van der Waals surface area (Å²) >= 11 is 0. The van der Waals surface area contributed by atoms with E-state index in [4.69, 9.17) is 4.74 Å². The molecule has 2 aromatic rings. The van der Waals surface area contributed by atoms with Crippen molar-refractivity contribution in [1.82, 2.24) is 0 Å². The van der Waals surface area contributed by atoms with E-state index < -0.39 is 6.10 Å². The van der Waals surface area contributed by atoms with E-state index in [9.17, 15) is 4.79 Å². The van der Waals surface area contributed by atoms with Gasteiger partial charge in [0.15, 0.2) is 6.10 Å². The minimum Gasteiger partial charge on any atom is -0.481 e. The normalized spacial score (nSPS) is 11.8. The summed E-state index contributed by atoms with van der Waals surface area (Å²) in [4.78, 5) is 12.3. The maximum atomic E-state index is 12.3. The van der Waals surface area contributed by atoms with Crippen molar-refractivity contribution in [3.63, 3.8) is 0 Å². The highest BCUT2D eigenvalue weighted by Gasteiger charge is 2.16. The molecule has 0 saturated heterocycles. The molecular formula is C19H23NO2. The lowest BCUT2D eigenvalue weighted by molar-refractivity contribution is -0.122. The van der Waals surface area contributed by atoms with Crippen molar-refractivity contribution in [2.45, 2.75) is 40.2 Å². The van der Waals surface area contributed by atoms with Gasteiger partial charge < -0.3 is 10.1 Å². The molecule has 2 rings (SSSR count). The fourth-order valence-electron chi connectivity index (χ4n) is 2.26. The third kappa shape index (κ3) is 3.88. The second kappa shape index (κ2) is 7.12. The molecule has 0 fully saturated rings. The Balaban J connectivity index is 2.07. The molecule has 0 radical (unpaired) electrons. The van der Waals surface area contributed by atoms with Crippen molar-refractivity contribution in [2.24, 2.45) is 0 Å². The van der Waals surface area contributed by atoms with Gasteiger partial charge in [0.1, 0.15) is 5.75 Å². The molecule has 0 aliphatic carbocycles. The summed E-state index contributed by atoms with van der Waals surface area (Å²) in [6.07, 6.45) is 0.328. The van der Waals surface area contributed by atoms with Crippen LogP contribution in [0.1, 0.15) is 30.5 Å². The summed E-state index contributed by atoms with van der Waals surface area (Å²) in [6, 6.07) is 13.8. The molecule has 116 valence electrons. The molecule has 0 aliphatic rings. The van der Waals surface area contributed by atoms with Gasteiger partial charge in [0.25, 0.3) is 5.91 Å². The van der Waals surface area contributed by atoms with E-state index >= 15 is 0 Å². The predicted octanol–water partition coefficient (Wildman–Crippen LogP) is 4.27. The van der Waals surface area contributed by atoms with Gasteiger partial charge in [0.2, 0.25) is 0 Å². The van der Waals surface area contributed by atoms with Crippen molar-refractivity contribution in [3.8, 4) is 5.75 Å². The SMILES string of the molecule is CCc1ccccc1OC(C)C(=O)Nc1cc(C)ccc1C. The fourth-order valence-corrected chi connectivity index (χ4v) is 2.26. The molecule has 22 heavy (non-hydrogen) atoms. The number of aryl methyl sites for hydroxylation is 3. The van der Waals surface area contributed by atoms with E-state index in [1.165, 1.54) is 0 Å². The average molecular weight is 297 g/mol. The highest BCUT2D eigenvalue weighted by molar-refractivity contribution is 5.94. The van der Waals surface area contributed by atoms with Crippen LogP contribution in [0.15, 0.2) is 42.5 Å². The second-order valence-electron chi connectivity index (χ2n) is 5.53. The van der Waals surface area contributed by atoms with Gasteiger partial charge in [-0.25, -0.2) is 0 Å². The Morgan fingerprint density at radius 2 is 1.91 bits per heavy atom. The third-order valence-corrected chi connectivity index (χ3v) is 3.68. The van der Waals surface area contributed by atoms with Crippen LogP contribution >= 0.6 is 0 Å². The molecule has 1 atom stereocenters. The maximum absolute atomic E-state index is 12.3. The lowest BCUT2D eigenvalue weighted by Gasteiger charge is -2.17. The zero-order chi connectivity index (χ0) is 16.1. The average Bonchev–Trinajstić information content (AvgIpc) is 2.51. The Hall–Kier alpha value is -2.29. The second-order valence-corrected chi connectivity index (χ2v) is 5.53. The molecule has 0 spiro atoms. The number of rotatable bonds is 5. The molecule has 3 nitrogen and oxygen atoms in total. The number of hydrogen-bond donors (Lipinski definition) is 1. The summed E-state index contributed by atoms with van der Waals surface area (Å²) in [7, 11) is 0. The number of carbonyl (C=O) groups excluding carboxylic acids is 1. The number of carbonyl (C=O) groups is 1. The van der Waals surface area contributed by atoms with Gasteiger partial charge >= 0.3 is 0 Å². The van der Waals surface area contributed by atoms with Gasteiger partial charge in [-0.2, -0.15) is 0 Å². The summed E-state index contributed by atoms with van der Waals surface area (Å²) in [5.74, 6) is 0.633. The summed E-state index contributed by atoms with van der Waals surface area (Å²) < 4.78 is 5.83. The lowest BCUT2D eigenvalue weighted by Crippen LogP contribution is -2.30. The van der Waals surface area contributed by atoms with Crippen LogP contribution in [0.25, 0.3) is 0 Å². The van der Waals surface area contributed by atoms with Gasteiger partial charge in [-0.3, -0.25) is 4.79 Å². The third-order valence-electron chi connectivity index (χ3n) is 3.68. The molecule has 0 aliphatic heterocycles. The molecule has 2 aromatic carbocycles. The van der Waals surface area contributed by atoms with Crippen molar-refractivity contribution >= 4 is 11.6 Å². The number of nitrogens with one attached hydrogen (secondary N) is 1. The van der Waals surface area contributed by atoms with Crippen molar-refractivity contribution < 1.29 is 9.53 Å². The summed E-state index contributed by atoms with van der Waals surface area (Å²) in [5.41, 5.74) is 4.10. The minimum absolute atomic E-state index is 0.139. The monoisotopic (exact) mass is 297 g/mol. The van der Waals surface area contributed by atoms with E-state index in [0.29, 0.717) is 0 Å². The van der Waals surface area contributed by atoms with E-state index in [0.717, 1.165) is 34.5 Å². The largest absolute Gasteiger partial charge is 0.481 e. The first-order chi connectivity index (χ1) is 10.5. The first kappa shape index (κ1) is 16.1. The zero-order valence-electron chi connectivity index (χ0n) is 13.6. The zero-order valence-corrected chi connectivity index (χ0v) is 13.6. The van der Waals surface area contributed by atoms with Crippen molar-refractivity contribution in [2.75, 3.05) is 5.32 Å². The Kier molecular flexibility index (Phi) is 5.21. The van der Waals surface area contributed by atoms with Crippen LogP contribution in [0.2, 0.25) is 0 Å². The minimum atomic E-state index is -0.549. The summed E-state index contributed by atoms with van der Waals surface area (Å²) in [6.45, 7) is 7.83. The summed E-state index contributed by atoms with van der Waals surface area (Å²) in [5, 5.41) is 2.94. The van der Waals surface area contributed by atoms with Crippen LogP contribution in [-0.2, 0) is 11.2 Å². The molecule has 0 saturated carbocycles. The molecule has 1 N–H and O–H groups in total. The van der Waals surface area contributed by atoms with Crippen molar-refractivity contribution in [1.29, 1.82) is 0 Å². The Morgan fingerprint density at radius 1 is 1.18 bits per heavy atom. The molecule has 0 aromatic heterocycles. The van der Waals surface area contributed by atoms with Crippen LogP contribution < -0.4 is 10.1 Å². The number of para-hydroxylation sites is 1. The molecule has 1 amide bonds. The predicted molar refractivity (Wildman–Crippen MR) is 90.5 cm³/mol. The van der Waals surface area contributed by atoms with Crippen molar-refractivity contribution in [3.05, 3.63) is 59.2 Å². The number of benzene rings is 2. The Labute approximate surface area is 132 Å². The van der Waals surface area contributed by atoms with Crippen LogP contribution in [0, 0.1) is 13.8 Å². The van der Waals surface area contributed by atoms with Crippen LogP contribution in [0.5, 0.6) is 5.75 Å². The van der Waals surface area contributed by atoms with E-state index in [1.54, 1.807) is 6.92 Å². The quantitative estimate of drug-likeness (QED) is 0.895. The van der Waals surface area contributed by atoms with E-state index in [-0.39, 0.29) is 5.91 Å². The van der Waals surface area contributed by atoms with Gasteiger partial charge in [-0.1, -0.05) is 37.3 Å². The highest BCUT2D eigenvalue weighted by atomic mass is 16.5. The number of anilines is 1. The standard InChI is InChI=1S/C19H23NO2/c1-5-16-8-6-7-9-18(16)22-15(4)19(21)20-17-12-13(2)10-11-14(17)3/h6-12,15H,5H2,1-4H3,(H,20,21). The van der Waals surface area contributed by atoms with Gasteiger partial charge in [0, 0.05) is 5.69 Å². The van der Waals surface area contributed by atoms with Gasteiger partial charge in [-0.15, -0.1) is 0 Å². The first-order valence-corrected chi connectivity index (χ1v) is 7.64. The Bertz CT molecular complexity index is 664. The van der Waals surface area contributed by atoms with Crippen LogP contribution in [-0.4, -0.2) is 12.0 Å². The van der Waals surface area contributed by atoms with E-state index in [1.807, 2.05) is 56.3 Å². The smallest absolute Gasteiger partial charge is 0.265 e. The van der Waals surface area contributed by atoms with Crippen LogP contribution in [0.3, 0.4) is 0 Å². The lowest BCUT2D eigenvalue weighted by atomic mass is 10.1. The maximum Gasteiger partial charge on any atom is 0.265 e. The van der Waals surface area contributed by atoms with Gasteiger partial charge in [-0.05, 0) is 56.0 Å². The molecule has 0 heterocycles. The highest BCUT2D eigenvalue weighted by Crippen LogP contribution is 2.21. The Morgan fingerprint density at radius 3 is 2.64 bits per heavy atom. The topological polar surface area (TPSA) is 38.3 Å².